The molecule has 0 radical (unpaired) electrons. The Hall–Kier alpha value is -2.98. The van der Waals surface area contributed by atoms with Gasteiger partial charge in [-0.1, -0.05) is 6.92 Å². The van der Waals surface area contributed by atoms with E-state index in [9.17, 15) is 22.9 Å². The standard InChI is InChI=1S/C14H14F3N5O3/c1-4-9-7(2)22(13(23)18-3)20-11(9)25-12-10(14(15,16)17)5-8(21-24)6-19-12/h5-6H,4H2,1-3H3,(H,18,23). The number of alkyl halides is 3. The molecule has 0 aromatic carbocycles. The Morgan fingerprint density at radius 2 is 2.08 bits per heavy atom. The summed E-state index contributed by atoms with van der Waals surface area (Å²) in [7, 11) is 1.39. The number of carbonyl (C=O) groups excluding carboxylic acids is 1. The van der Waals surface area contributed by atoms with E-state index in [0.717, 1.165) is 10.9 Å². The number of nitroso groups, excluding NO2 is 1. The molecule has 2 aromatic rings. The summed E-state index contributed by atoms with van der Waals surface area (Å²) in [6.45, 7) is 3.33. The zero-order valence-corrected chi connectivity index (χ0v) is 13.5. The Kier molecular flexibility index (Phi) is 5.04. The van der Waals surface area contributed by atoms with Gasteiger partial charge >= 0.3 is 12.2 Å². The summed E-state index contributed by atoms with van der Waals surface area (Å²) in [5.74, 6) is -0.954. The molecule has 0 fully saturated rings. The van der Waals surface area contributed by atoms with Crippen LogP contribution in [0.1, 0.15) is 23.7 Å². The molecule has 0 atom stereocenters. The van der Waals surface area contributed by atoms with Gasteiger partial charge in [0.25, 0.3) is 0 Å². The summed E-state index contributed by atoms with van der Waals surface area (Å²) in [6, 6.07) is -0.0321. The number of nitrogens with zero attached hydrogens (tertiary/aromatic N) is 4. The summed E-state index contributed by atoms with van der Waals surface area (Å²) >= 11 is 0. The maximum Gasteiger partial charge on any atom is 0.421 e. The third-order valence-corrected chi connectivity index (χ3v) is 3.40. The summed E-state index contributed by atoms with van der Waals surface area (Å²) in [6.07, 6.45) is -3.59. The molecule has 1 amide bonds. The van der Waals surface area contributed by atoms with Gasteiger partial charge in [0.2, 0.25) is 11.8 Å². The second kappa shape index (κ2) is 6.87. The first kappa shape index (κ1) is 18.4. The average Bonchev–Trinajstić information content (AvgIpc) is 2.89. The number of nitrogens with one attached hydrogen (secondary N) is 1. The highest BCUT2D eigenvalue weighted by Gasteiger charge is 2.36. The number of amides is 1. The van der Waals surface area contributed by atoms with Crippen LogP contribution in [0.4, 0.5) is 23.7 Å². The van der Waals surface area contributed by atoms with Gasteiger partial charge in [-0.15, -0.1) is 10.0 Å². The molecule has 0 aliphatic heterocycles. The van der Waals surface area contributed by atoms with Gasteiger partial charge in [-0.05, 0) is 24.6 Å². The van der Waals surface area contributed by atoms with E-state index >= 15 is 0 Å². The molecule has 11 heteroatoms. The molecule has 8 nitrogen and oxygen atoms in total. The highest BCUT2D eigenvalue weighted by atomic mass is 19.4. The van der Waals surface area contributed by atoms with Crippen molar-refractivity contribution in [3.8, 4) is 11.8 Å². The molecule has 25 heavy (non-hydrogen) atoms. The predicted molar refractivity (Wildman–Crippen MR) is 81.0 cm³/mol. The third-order valence-electron chi connectivity index (χ3n) is 3.40. The van der Waals surface area contributed by atoms with Crippen LogP contribution in [-0.4, -0.2) is 27.8 Å². The van der Waals surface area contributed by atoms with Crippen molar-refractivity contribution in [1.82, 2.24) is 20.1 Å². The summed E-state index contributed by atoms with van der Waals surface area (Å²) < 4.78 is 45.7. The second-order valence-electron chi connectivity index (χ2n) is 4.93. The van der Waals surface area contributed by atoms with Gasteiger partial charge in [-0.25, -0.2) is 9.78 Å². The maximum absolute atomic E-state index is 13.2. The first-order valence-corrected chi connectivity index (χ1v) is 7.11. The highest BCUT2D eigenvalue weighted by molar-refractivity contribution is 5.76. The lowest BCUT2D eigenvalue weighted by atomic mass is 10.2. The molecule has 0 aliphatic rings. The Bertz CT molecular complexity index is 817. The van der Waals surface area contributed by atoms with Crippen LogP contribution in [0, 0.1) is 11.8 Å². The van der Waals surface area contributed by atoms with Crippen molar-refractivity contribution in [3.63, 3.8) is 0 Å². The summed E-state index contributed by atoms with van der Waals surface area (Å²) in [5, 5.41) is 8.71. The summed E-state index contributed by atoms with van der Waals surface area (Å²) in [5.41, 5.74) is -0.867. The van der Waals surface area contributed by atoms with Gasteiger partial charge in [0, 0.05) is 12.6 Å². The van der Waals surface area contributed by atoms with E-state index in [2.05, 4.69) is 20.6 Å². The average molecular weight is 357 g/mol. The minimum absolute atomic E-state index is 0.173. The van der Waals surface area contributed by atoms with Gasteiger partial charge in [-0.2, -0.15) is 17.9 Å². The van der Waals surface area contributed by atoms with E-state index in [1.165, 1.54) is 7.05 Å². The van der Waals surface area contributed by atoms with Gasteiger partial charge in [0.15, 0.2) is 0 Å². The Labute approximate surface area is 140 Å². The monoisotopic (exact) mass is 357 g/mol. The fraction of sp³-hybridized carbons (Fsp3) is 0.357. The van der Waals surface area contributed by atoms with Crippen molar-refractivity contribution in [2.24, 2.45) is 5.18 Å². The zero-order chi connectivity index (χ0) is 18.8. The smallest absolute Gasteiger partial charge is 0.418 e. The molecule has 0 unspecified atom stereocenters. The number of rotatable bonds is 4. The molecule has 0 bridgehead atoms. The molecule has 2 aromatic heterocycles. The van der Waals surface area contributed by atoms with Crippen LogP contribution in [0.25, 0.3) is 0 Å². The van der Waals surface area contributed by atoms with Crippen LogP contribution in [0.15, 0.2) is 17.4 Å². The van der Waals surface area contributed by atoms with E-state index in [4.69, 9.17) is 4.74 Å². The van der Waals surface area contributed by atoms with Gasteiger partial charge in [0.1, 0.15) is 11.3 Å². The van der Waals surface area contributed by atoms with Crippen LogP contribution in [0.2, 0.25) is 0 Å². The molecule has 0 spiro atoms. The van der Waals surface area contributed by atoms with Gasteiger partial charge < -0.3 is 10.1 Å². The number of halogens is 3. The van der Waals surface area contributed by atoms with Crippen molar-refractivity contribution >= 4 is 11.7 Å². The molecule has 0 saturated carbocycles. The number of ether oxygens (including phenoxy) is 1. The lowest BCUT2D eigenvalue weighted by molar-refractivity contribution is -0.138. The quantitative estimate of drug-likeness (QED) is 0.844. The molecule has 0 saturated heterocycles. The first-order chi connectivity index (χ1) is 11.7. The first-order valence-electron chi connectivity index (χ1n) is 7.11. The van der Waals surface area contributed by atoms with E-state index in [-0.39, 0.29) is 5.88 Å². The largest absolute Gasteiger partial charge is 0.421 e. The fourth-order valence-corrected chi connectivity index (χ4v) is 2.17. The van der Waals surface area contributed by atoms with Crippen LogP contribution in [0.5, 0.6) is 11.8 Å². The molecule has 0 aliphatic carbocycles. The highest BCUT2D eigenvalue weighted by Crippen LogP contribution is 2.39. The second-order valence-corrected chi connectivity index (χ2v) is 4.93. The lowest BCUT2D eigenvalue weighted by Gasteiger charge is -2.12. The number of carbonyl (C=O) groups is 1. The van der Waals surface area contributed by atoms with Crippen LogP contribution < -0.4 is 10.1 Å². The lowest BCUT2D eigenvalue weighted by Crippen LogP contribution is -2.26. The Morgan fingerprint density at radius 3 is 2.60 bits per heavy atom. The van der Waals surface area contributed by atoms with Crippen molar-refractivity contribution in [1.29, 1.82) is 0 Å². The zero-order valence-electron chi connectivity index (χ0n) is 13.5. The minimum atomic E-state index is -4.81. The van der Waals surface area contributed by atoms with Crippen molar-refractivity contribution < 1.29 is 22.7 Å². The number of aromatic nitrogens is 3. The topological polar surface area (TPSA) is 98.5 Å². The number of hydrogen-bond acceptors (Lipinski definition) is 6. The molecular formula is C14H14F3N5O3. The molecule has 134 valence electrons. The fourth-order valence-electron chi connectivity index (χ4n) is 2.17. The van der Waals surface area contributed by atoms with Crippen LogP contribution in [-0.2, 0) is 12.6 Å². The van der Waals surface area contributed by atoms with E-state index in [1.807, 2.05) is 0 Å². The van der Waals surface area contributed by atoms with E-state index < -0.39 is 29.3 Å². The summed E-state index contributed by atoms with van der Waals surface area (Å²) in [4.78, 5) is 25.7. The normalized spacial score (nSPS) is 11.3. The molecule has 1 N–H and O–H groups in total. The van der Waals surface area contributed by atoms with E-state index in [0.29, 0.717) is 23.7 Å². The van der Waals surface area contributed by atoms with Gasteiger partial charge in [-0.3, -0.25) is 0 Å². The van der Waals surface area contributed by atoms with Crippen molar-refractivity contribution in [3.05, 3.63) is 34.0 Å². The van der Waals surface area contributed by atoms with Crippen molar-refractivity contribution in [2.75, 3.05) is 7.05 Å². The SMILES string of the molecule is CCc1c(Oc2ncc(N=O)cc2C(F)(F)F)nn(C(=O)NC)c1C. The Morgan fingerprint density at radius 1 is 1.40 bits per heavy atom. The molecular weight excluding hydrogens is 343 g/mol. The third kappa shape index (κ3) is 3.59. The number of hydrogen-bond donors (Lipinski definition) is 1. The minimum Gasteiger partial charge on any atom is -0.418 e. The van der Waals surface area contributed by atoms with Crippen LogP contribution in [0.3, 0.4) is 0 Å². The van der Waals surface area contributed by atoms with E-state index in [1.54, 1.807) is 13.8 Å². The predicted octanol–water partition coefficient (Wildman–Crippen LogP) is 3.55. The molecule has 2 rings (SSSR count). The van der Waals surface area contributed by atoms with Crippen molar-refractivity contribution in [2.45, 2.75) is 26.4 Å². The Balaban J connectivity index is 2.53. The van der Waals surface area contributed by atoms with Crippen LogP contribution >= 0.6 is 0 Å². The number of pyridine rings is 1. The maximum atomic E-state index is 13.2. The molecule has 2 heterocycles. The van der Waals surface area contributed by atoms with Gasteiger partial charge in [0.05, 0.1) is 11.9 Å².